The third-order valence-electron chi connectivity index (χ3n) is 5.34. The molecule has 3 heterocycles. The van der Waals surface area contributed by atoms with Gasteiger partial charge in [0.2, 0.25) is 0 Å². The van der Waals surface area contributed by atoms with Crippen LogP contribution in [0.4, 0.5) is 4.79 Å². The van der Waals surface area contributed by atoms with E-state index in [-0.39, 0.29) is 29.5 Å². The second-order valence-electron chi connectivity index (χ2n) is 7.35. The van der Waals surface area contributed by atoms with Crippen molar-refractivity contribution in [1.82, 2.24) is 25.5 Å². The maximum Gasteiger partial charge on any atom is 0.417 e. The van der Waals surface area contributed by atoms with Gasteiger partial charge < -0.3 is 30.0 Å². The lowest BCUT2D eigenvalue weighted by atomic mass is 10.0. The van der Waals surface area contributed by atoms with E-state index in [2.05, 4.69) is 20.6 Å². The van der Waals surface area contributed by atoms with Gasteiger partial charge in [0, 0.05) is 13.2 Å². The number of hydrogen-bond donors (Lipinski definition) is 3. The largest absolute Gasteiger partial charge is 0.417 e. The normalized spacial score (nSPS) is 24.0. The smallest absolute Gasteiger partial charge is 0.375 e. The van der Waals surface area contributed by atoms with Crippen LogP contribution in [0.5, 0.6) is 0 Å². The van der Waals surface area contributed by atoms with Crippen LogP contribution in [0.2, 0.25) is 5.15 Å². The summed E-state index contributed by atoms with van der Waals surface area (Å²) in [5.74, 6) is -0.796. The summed E-state index contributed by atoms with van der Waals surface area (Å²) in [6.45, 7) is 5.45. The number of imidazole rings is 1. The monoisotopic (exact) mass is 441 g/mol. The molecule has 0 aromatic carbocycles. The minimum absolute atomic E-state index is 0.142. The zero-order chi connectivity index (χ0) is 21.7. The van der Waals surface area contributed by atoms with Gasteiger partial charge in [0.15, 0.2) is 11.0 Å². The SMILES string of the molecule is CCOC1CN(C(=O)OC(=O)[C@@H]2CCCN2)CCC1NC(=O)c1nc(Cl)c(CC)[nH]1. The van der Waals surface area contributed by atoms with Crippen molar-refractivity contribution in [2.45, 2.75) is 57.7 Å². The Morgan fingerprint density at radius 3 is 2.73 bits per heavy atom. The molecule has 11 heteroatoms. The molecular formula is C19H28ClN5O5. The van der Waals surface area contributed by atoms with Gasteiger partial charge >= 0.3 is 12.1 Å². The van der Waals surface area contributed by atoms with Gasteiger partial charge in [0.25, 0.3) is 5.91 Å². The molecule has 166 valence electrons. The molecule has 1 aromatic rings. The van der Waals surface area contributed by atoms with Crippen molar-refractivity contribution in [1.29, 1.82) is 0 Å². The molecule has 2 aliphatic rings. The Morgan fingerprint density at radius 1 is 1.30 bits per heavy atom. The number of amides is 2. The lowest BCUT2D eigenvalue weighted by molar-refractivity contribution is -0.140. The molecule has 2 fully saturated rings. The van der Waals surface area contributed by atoms with E-state index < -0.39 is 24.2 Å². The van der Waals surface area contributed by atoms with Crippen LogP contribution in [0.3, 0.4) is 0 Å². The summed E-state index contributed by atoms with van der Waals surface area (Å²) < 4.78 is 10.8. The number of H-pyrrole nitrogens is 1. The molecule has 2 amide bonds. The number of aromatic nitrogens is 2. The Kier molecular flexibility index (Phi) is 7.68. The van der Waals surface area contributed by atoms with E-state index in [1.807, 2.05) is 13.8 Å². The van der Waals surface area contributed by atoms with Crippen molar-refractivity contribution in [2.75, 3.05) is 26.2 Å². The van der Waals surface area contributed by atoms with E-state index in [1.54, 1.807) is 0 Å². The summed E-state index contributed by atoms with van der Waals surface area (Å²) in [7, 11) is 0. The summed E-state index contributed by atoms with van der Waals surface area (Å²) in [5.41, 5.74) is 0.696. The molecule has 0 radical (unpaired) electrons. The highest BCUT2D eigenvalue weighted by Crippen LogP contribution is 2.18. The van der Waals surface area contributed by atoms with Crippen LogP contribution in [-0.4, -0.2) is 77.3 Å². The van der Waals surface area contributed by atoms with Crippen molar-refractivity contribution in [3.63, 3.8) is 0 Å². The summed E-state index contributed by atoms with van der Waals surface area (Å²) in [6.07, 6.45) is 1.52. The van der Waals surface area contributed by atoms with Crippen molar-refractivity contribution in [3.8, 4) is 0 Å². The van der Waals surface area contributed by atoms with E-state index in [1.165, 1.54) is 4.90 Å². The van der Waals surface area contributed by atoms with E-state index in [4.69, 9.17) is 21.1 Å². The van der Waals surface area contributed by atoms with E-state index >= 15 is 0 Å². The molecule has 3 rings (SSSR count). The summed E-state index contributed by atoms with van der Waals surface area (Å²) in [5, 5.41) is 6.20. The number of halogens is 1. The number of likely N-dealkylation sites (tertiary alicyclic amines) is 1. The van der Waals surface area contributed by atoms with Gasteiger partial charge in [-0.2, -0.15) is 0 Å². The number of aryl methyl sites for hydroxylation is 1. The number of ether oxygens (including phenoxy) is 2. The number of rotatable bonds is 6. The zero-order valence-corrected chi connectivity index (χ0v) is 18.0. The minimum atomic E-state index is -0.686. The van der Waals surface area contributed by atoms with Crippen LogP contribution in [0.25, 0.3) is 0 Å². The Morgan fingerprint density at radius 2 is 2.10 bits per heavy atom. The second kappa shape index (κ2) is 10.2. The van der Waals surface area contributed by atoms with Gasteiger partial charge in [-0.15, -0.1) is 0 Å². The predicted octanol–water partition coefficient (Wildman–Crippen LogP) is 1.25. The number of carbonyl (C=O) groups excluding carboxylic acids is 3. The zero-order valence-electron chi connectivity index (χ0n) is 17.2. The fraction of sp³-hybridized carbons (Fsp3) is 0.684. The average Bonchev–Trinajstić information content (AvgIpc) is 3.39. The predicted molar refractivity (Wildman–Crippen MR) is 108 cm³/mol. The number of carbonyl (C=O) groups is 3. The lowest BCUT2D eigenvalue weighted by Gasteiger charge is -2.37. The number of hydrogen-bond acceptors (Lipinski definition) is 7. The van der Waals surface area contributed by atoms with Gasteiger partial charge in [0.05, 0.1) is 24.4 Å². The first-order valence-electron chi connectivity index (χ1n) is 10.3. The molecule has 3 atom stereocenters. The van der Waals surface area contributed by atoms with E-state index in [9.17, 15) is 14.4 Å². The van der Waals surface area contributed by atoms with Crippen LogP contribution >= 0.6 is 11.6 Å². The number of nitrogens with one attached hydrogen (secondary N) is 3. The summed E-state index contributed by atoms with van der Waals surface area (Å²) in [4.78, 5) is 45.5. The highest BCUT2D eigenvalue weighted by Gasteiger charge is 2.36. The van der Waals surface area contributed by atoms with Crippen molar-refractivity contribution in [3.05, 3.63) is 16.7 Å². The third-order valence-corrected chi connectivity index (χ3v) is 5.66. The minimum Gasteiger partial charge on any atom is -0.375 e. The molecule has 2 aliphatic heterocycles. The molecule has 0 spiro atoms. The van der Waals surface area contributed by atoms with Crippen molar-refractivity contribution in [2.24, 2.45) is 0 Å². The maximum absolute atomic E-state index is 12.6. The Hall–Kier alpha value is -2.17. The molecule has 2 unspecified atom stereocenters. The second-order valence-corrected chi connectivity index (χ2v) is 7.71. The number of aromatic amines is 1. The molecule has 1 aromatic heterocycles. The molecule has 3 N–H and O–H groups in total. The van der Waals surface area contributed by atoms with Gasteiger partial charge in [-0.1, -0.05) is 18.5 Å². The first-order valence-corrected chi connectivity index (χ1v) is 10.7. The Labute approximate surface area is 180 Å². The number of esters is 1. The van der Waals surface area contributed by atoms with Gasteiger partial charge in [-0.25, -0.2) is 14.6 Å². The molecule has 0 aliphatic carbocycles. The standard InChI is InChI=1S/C19H28ClN5O5/c1-3-11-15(20)24-16(22-11)17(26)23-12-7-9-25(10-14(12)29-4-2)19(28)30-18(27)13-6-5-8-21-13/h12-14,21H,3-10H2,1-2H3,(H,22,24)(H,23,26)/t12?,13-,14?/m0/s1. The first-order chi connectivity index (χ1) is 14.4. The maximum atomic E-state index is 12.6. The summed E-state index contributed by atoms with van der Waals surface area (Å²) >= 11 is 6.02. The van der Waals surface area contributed by atoms with Crippen LogP contribution < -0.4 is 10.6 Å². The average molecular weight is 442 g/mol. The fourth-order valence-corrected chi connectivity index (χ4v) is 3.97. The van der Waals surface area contributed by atoms with E-state index in [0.29, 0.717) is 38.1 Å². The summed E-state index contributed by atoms with van der Waals surface area (Å²) in [6, 6.07) is -0.746. The molecule has 2 saturated heterocycles. The lowest BCUT2D eigenvalue weighted by Crippen LogP contribution is -2.56. The topological polar surface area (TPSA) is 126 Å². The van der Waals surface area contributed by atoms with Gasteiger partial charge in [-0.05, 0) is 39.2 Å². The van der Waals surface area contributed by atoms with Crippen molar-refractivity contribution < 1.29 is 23.9 Å². The molecular weight excluding hydrogens is 414 g/mol. The highest BCUT2D eigenvalue weighted by atomic mass is 35.5. The molecule has 10 nitrogen and oxygen atoms in total. The molecule has 0 bridgehead atoms. The van der Waals surface area contributed by atoms with Crippen LogP contribution in [-0.2, 0) is 20.7 Å². The molecule has 0 saturated carbocycles. The first kappa shape index (κ1) is 22.5. The number of nitrogens with zero attached hydrogens (tertiary/aromatic N) is 2. The van der Waals surface area contributed by atoms with Crippen LogP contribution in [0.15, 0.2) is 0 Å². The van der Waals surface area contributed by atoms with Gasteiger partial charge in [0.1, 0.15) is 6.04 Å². The fourth-order valence-electron chi connectivity index (χ4n) is 3.70. The molecule has 30 heavy (non-hydrogen) atoms. The quantitative estimate of drug-likeness (QED) is 0.448. The Balaban J connectivity index is 1.58. The van der Waals surface area contributed by atoms with Gasteiger partial charge in [-0.3, -0.25) is 4.79 Å². The number of piperidine rings is 1. The van der Waals surface area contributed by atoms with Crippen LogP contribution in [0, 0.1) is 0 Å². The Bertz CT molecular complexity index is 779. The third kappa shape index (κ3) is 5.30. The van der Waals surface area contributed by atoms with Crippen molar-refractivity contribution >= 4 is 29.6 Å². The van der Waals surface area contributed by atoms with Crippen LogP contribution in [0.1, 0.15) is 49.4 Å². The highest BCUT2D eigenvalue weighted by molar-refractivity contribution is 6.30. The van der Waals surface area contributed by atoms with E-state index in [0.717, 1.165) is 13.0 Å².